The Bertz CT molecular complexity index is 453. The normalized spacial score (nSPS) is 30.6. The number of hydrogen-bond acceptors (Lipinski definition) is 6. The van der Waals surface area contributed by atoms with Gasteiger partial charge in [0.15, 0.2) is 9.84 Å². The lowest BCUT2D eigenvalue weighted by atomic mass is 9.90. The van der Waals surface area contributed by atoms with E-state index in [1.54, 1.807) is 6.92 Å². The zero-order chi connectivity index (χ0) is 10.4. The second kappa shape index (κ2) is 2.69. The summed E-state index contributed by atoms with van der Waals surface area (Å²) in [7, 11) is -2.96. The van der Waals surface area contributed by atoms with Gasteiger partial charge < -0.3 is 10.3 Å². The minimum Gasteiger partial charge on any atom is -0.365 e. The summed E-state index contributed by atoms with van der Waals surface area (Å²) in [4.78, 5) is 3.87. The molecule has 1 aromatic rings. The summed E-state index contributed by atoms with van der Waals surface area (Å²) >= 11 is 0. The van der Waals surface area contributed by atoms with Crippen LogP contribution in [0.15, 0.2) is 4.52 Å². The van der Waals surface area contributed by atoms with E-state index < -0.39 is 15.3 Å². The highest BCUT2D eigenvalue weighted by atomic mass is 32.2. The van der Waals surface area contributed by atoms with Crippen molar-refractivity contribution in [3.63, 3.8) is 0 Å². The van der Waals surface area contributed by atoms with Gasteiger partial charge in [-0.3, -0.25) is 0 Å². The van der Waals surface area contributed by atoms with Gasteiger partial charge in [0.25, 0.3) is 5.95 Å². The van der Waals surface area contributed by atoms with E-state index in [1.807, 2.05) is 0 Å². The number of hydrogen-bond donors (Lipinski definition) is 1. The molecule has 0 amide bonds. The van der Waals surface area contributed by atoms with Gasteiger partial charge >= 0.3 is 0 Å². The van der Waals surface area contributed by atoms with Crippen molar-refractivity contribution >= 4 is 15.8 Å². The van der Waals surface area contributed by atoms with Crippen LogP contribution in [0.3, 0.4) is 0 Å². The monoisotopic (exact) mass is 217 g/mol. The summed E-state index contributed by atoms with van der Waals surface area (Å²) in [5, 5.41) is 3.45. The van der Waals surface area contributed by atoms with E-state index in [1.165, 1.54) is 0 Å². The van der Waals surface area contributed by atoms with Gasteiger partial charge in [-0.05, 0) is 18.5 Å². The second-order valence-electron chi connectivity index (χ2n) is 3.86. The molecule has 6 nitrogen and oxygen atoms in total. The SMILES string of the molecule is CC1(c2nc(N)no2)CCS(=O)(=O)C1. The van der Waals surface area contributed by atoms with Crippen molar-refractivity contribution in [2.75, 3.05) is 17.2 Å². The summed E-state index contributed by atoms with van der Waals surface area (Å²) < 4.78 is 27.5. The van der Waals surface area contributed by atoms with E-state index in [4.69, 9.17) is 10.3 Å². The third-order valence-corrected chi connectivity index (χ3v) is 4.36. The third kappa shape index (κ3) is 1.47. The van der Waals surface area contributed by atoms with Crippen molar-refractivity contribution < 1.29 is 12.9 Å². The molecule has 1 saturated heterocycles. The first-order chi connectivity index (χ1) is 6.41. The van der Waals surface area contributed by atoms with Crippen LogP contribution in [0.1, 0.15) is 19.2 Å². The molecule has 7 heteroatoms. The number of nitrogens with two attached hydrogens (primary N) is 1. The molecular weight excluding hydrogens is 206 g/mol. The van der Waals surface area contributed by atoms with Crippen LogP contribution in [0.5, 0.6) is 0 Å². The molecule has 1 aliphatic heterocycles. The maximum atomic E-state index is 11.3. The van der Waals surface area contributed by atoms with E-state index in [2.05, 4.69) is 10.1 Å². The molecule has 2 heterocycles. The topological polar surface area (TPSA) is 99.1 Å². The number of rotatable bonds is 1. The van der Waals surface area contributed by atoms with Crippen LogP contribution in [0.4, 0.5) is 5.95 Å². The molecule has 2 rings (SSSR count). The van der Waals surface area contributed by atoms with Gasteiger partial charge in [-0.25, -0.2) is 8.42 Å². The fourth-order valence-corrected chi connectivity index (χ4v) is 3.80. The van der Waals surface area contributed by atoms with Crippen LogP contribution < -0.4 is 5.73 Å². The number of aromatic nitrogens is 2. The Labute approximate surface area is 81.4 Å². The standard InChI is InChI=1S/C7H11N3O3S/c1-7(2-3-14(11,12)4-7)5-9-6(8)10-13-5/h2-4H2,1H3,(H2,8,10). The van der Waals surface area contributed by atoms with Crippen LogP contribution in [0, 0.1) is 0 Å². The summed E-state index contributed by atoms with van der Waals surface area (Å²) in [6.45, 7) is 1.80. The highest BCUT2D eigenvalue weighted by Crippen LogP contribution is 2.34. The van der Waals surface area contributed by atoms with Gasteiger partial charge in [0.05, 0.1) is 16.9 Å². The van der Waals surface area contributed by atoms with Crippen molar-refractivity contribution in [2.45, 2.75) is 18.8 Å². The van der Waals surface area contributed by atoms with E-state index in [-0.39, 0.29) is 17.5 Å². The average Bonchev–Trinajstić information content (AvgIpc) is 2.57. The first-order valence-corrected chi connectivity index (χ1v) is 6.04. The molecule has 0 saturated carbocycles. The largest absolute Gasteiger partial charge is 0.365 e. The van der Waals surface area contributed by atoms with Crippen LogP contribution in [-0.4, -0.2) is 30.1 Å². The minimum absolute atomic E-state index is 0.0468. The van der Waals surface area contributed by atoms with Crippen LogP contribution >= 0.6 is 0 Å². The summed E-state index contributed by atoms with van der Waals surface area (Å²) in [6.07, 6.45) is 0.511. The van der Waals surface area contributed by atoms with Gasteiger partial charge in [-0.15, -0.1) is 0 Å². The third-order valence-electron chi connectivity index (χ3n) is 2.46. The lowest BCUT2D eigenvalue weighted by Gasteiger charge is -2.15. The van der Waals surface area contributed by atoms with Crippen molar-refractivity contribution in [3.05, 3.63) is 5.89 Å². The number of anilines is 1. The molecule has 1 aromatic heterocycles. The Kier molecular flexibility index (Phi) is 1.82. The lowest BCUT2D eigenvalue weighted by Crippen LogP contribution is -2.23. The van der Waals surface area contributed by atoms with Gasteiger partial charge in [-0.1, -0.05) is 0 Å². The molecule has 1 fully saturated rings. The quantitative estimate of drug-likeness (QED) is 0.695. The van der Waals surface area contributed by atoms with Crippen LogP contribution in [0.25, 0.3) is 0 Å². The first kappa shape index (κ1) is 9.45. The number of sulfone groups is 1. The van der Waals surface area contributed by atoms with Gasteiger partial charge in [0, 0.05) is 0 Å². The minimum atomic E-state index is -2.96. The smallest absolute Gasteiger partial charge is 0.260 e. The number of nitrogens with zero attached hydrogens (tertiary/aromatic N) is 2. The molecule has 0 aliphatic carbocycles. The van der Waals surface area contributed by atoms with Crippen molar-refractivity contribution in [1.29, 1.82) is 0 Å². The molecule has 0 aromatic carbocycles. The highest BCUT2D eigenvalue weighted by molar-refractivity contribution is 7.91. The lowest BCUT2D eigenvalue weighted by molar-refractivity contribution is 0.311. The maximum absolute atomic E-state index is 11.3. The van der Waals surface area contributed by atoms with Gasteiger partial charge in [-0.2, -0.15) is 4.98 Å². The average molecular weight is 217 g/mol. The molecule has 0 bridgehead atoms. The Balaban J connectivity index is 2.36. The summed E-state index contributed by atoms with van der Waals surface area (Å²) in [6, 6.07) is 0. The maximum Gasteiger partial charge on any atom is 0.260 e. The van der Waals surface area contributed by atoms with Gasteiger partial charge in [0.2, 0.25) is 5.89 Å². The van der Waals surface area contributed by atoms with Crippen molar-refractivity contribution in [1.82, 2.24) is 10.1 Å². The molecule has 1 unspecified atom stereocenters. The molecule has 2 N–H and O–H groups in total. The van der Waals surface area contributed by atoms with Crippen LogP contribution in [-0.2, 0) is 15.3 Å². The Hall–Kier alpha value is -1.11. The molecule has 0 spiro atoms. The Morgan fingerprint density at radius 1 is 1.57 bits per heavy atom. The molecular formula is C7H11N3O3S. The van der Waals surface area contributed by atoms with E-state index in [9.17, 15) is 8.42 Å². The van der Waals surface area contributed by atoms with Crippen molar-refractivity contribution in [2.24, 2.45) is 0 Å². The summed E-state index contributed by atoms with van der Waals surface area (Å²) in [5.41, 5.74) is 4.74. The van der Waals surface area contributed by atoms with Crippen molar-refractivity contribution in [3.8, 4) is 0 Å². The second-order valence-corrected chi connectivity index (χ2v) is 6.04. The fourth-order valence-electron chi connectivity index (χ4n) is 1.66. The predicted octanol–water partition coefficient (Wildman–Crippen LogP) is -0.272. The molecule has 78 valence electrons. The first-order valence-electron chi connectivity index (χ1n) is 4.21. The Morgan fingerprint density at radius 2 is 2.29 bits per heavy atom. The zero-order valence-electron chi connectivity index (χ0n) is 7.73. The molecule has 0 radical (unpaired) electrons. The van der Waals surface area contributed by atoms with Crippen LogP contribution in [0.2, 0.25) is 0 Å². The zero-order valence-corrected chi connectivity index (χ0v) is 8.54. The van der Waals surface area contributed by atoms with E-state index in [0.717, 1.165) is 0 Å². The molecule has 1 aliphatic rings. The molecule has 1 atom stereocenters. The predicted molar refractivity (Wildman–Crippen MR) is 49.3 cm³/mol. The number of nitrogen functional groups attached to an aromatic ring is 1. The highest BCUT2D eigenvalue weighted by Gasteiger charge is 2.43. The van der Waals surface area contributed by atoms with Gasteiger partial charge in [0.1, 0.15) is 0 Å². The van der Waals surface area contributed by atoms with E-state index in [0.29, 0.717) is 12.3 Å². The van der Waals surface area contributed by atoms with E-state index >= 15 is 0 Å². The Morgan fingerprint density at radius 3 is 2.71 bits per heavy atom. The summed E-state index contributed by atoms with van der Waals surface area (Å²) in [5.74, 6) is 0.592. The molecule has 14 heavy (non-hydrogen) atoms. The fraction of sp³-hybridized carbons (Fsp3) is 0.714.